The molecule has 108 valence electrons. The van der Waals surface area contributed by atoms with Gasteiger partial charge in [-0.3, -0.25) is 0 Å². The van der Waals surface area contributed by atoms with Gasteiger partial charge in [0.05, 0.1) is 19.1 Å². The summed E-state index contributed by atoms with van der Waals surface area (Å²) in [5.74, 6) is 0.665. The highest BCUT2D eigenvalue weighted by Gasteiger charge is 2.12. The molecule has 2 rings (SSSR count). The molecule has 1 atom stereocenters. The summed E-state index contributed by atoms with van der Waals surface area (Å²) in [4.78, 5) is 2.07. The Bertz CT molecular complexity index is 626. The van der Waals surface area contributed by atoms with Crippen molar-refractivity contribution in [2.75, 3.05) is 26.1 Å². The zero-order chi connectivity index (χ0) is 15.2. The SMILES string of the molecule is COc1ccc(C(C#N)Cc2cccc(N(C)C)c2)cc1. The quantitative estimate of drug-likeness (QED) is 0.839. The van der Waals surface area contributed by atoms with Crippen LogP contribution in [0.1, 0.15) is 17.0 Å². The third kappa shape index (κ3) is 3.76. The fraction of sp³-hybridized carbons (Fsp3) is 0.278. The van der Waals surface area contributed by atoms with Gasteiger partial charge in [0.1, 0.15) is 5.75 Å². The molecule has 0 heterocycles. The van der Waals surface area contributed by atoms with Gasteiger partial charge >= 0.3 is 0 Å². The van der Waals surface area contributed by atoms with Gasteiger partial charge < -0.3 is 9.64 Å². The average molecular weight is 280 g/mol. The molecule has 0 fully saturated rings. The van der Waals surface area contributed by atoms with Crippen molar-refractivity contribution in [3.63, 3.8) is 0 Å². The summed E-state index contributed by atoms with van der Waals surface area (Å²) in [5, 5.41) is 9.45. The lowest BCUT2D eigenvalue weighted by atomic mass is 9.93. The fourth-order valence-corrected chi connectivity index (χ4v) is 2.27. The molecule has 0 bridgehead atoms. The molecule has 0 aliphatic rings. The van der Waals surface area contributed by atoms with Gasteiger partial charge in [-0.15, -0.1) is 0 Å². The molecule has 0 amide bonds. The number of hydrogen-bond acceptors (Lipinski definition) is 3. The van der Waals surface area contributed by atoms with Crippen LogP contribution in [0.4, 0.5) is 5.69 Å². The maximum Gasteiger partial charge on any atom is 0.118 e. The minimum Gasteiger partial charge on any atom is -0.497 e. The van der Waals surface area contributed by atoms with Crippen LogP contribution in [0.15, 0.2) is 48.5 Å². The van der Waals surface area contributed by atoms with Crippen molar-refractivity contribution >= 4 is 5.69 Å². The standard InChI is InChI=1S/C18H20N2O/c1-20(2)17-6-4-5-14(12-17)11-16(13-19)15-7-9-18(21-3)10-8-15/h4-10,12,16H,11H2,1-3H3. The monoisotopic (exact) mass is 280 g/mol. The van der Waals surface area contributed by atoms with Crippen LogP contribution in [0, 0.1) is 11.3 Å². The molecule has 3 heteroatoms. The van der Waals surface area contributed by atoms with E-state index in [2.05, 4.69) is 29.2 Å². The molecule has 0 aliphatic carbocycles. The highest BCUT2D eigenvalue weighted by Crippen LogP contribution is 2.24. The first-order valence-electron chi connectivity index (χ1n) is 6.94. The second kappa shape index (κ2) is 6.81. The molecule has 0 aliphatic heterocycles. The van der Waals surface area contributed by atoms with Crippen molar-refractivity contribution in [3.8, 4) is 11.8 Å². The Morgan fingerprint density at radius 3 is 2.43 bits per heavy atom. The molecule has 1 unspecified atom stereocenters. The van der Waals surface area contributed by atoms with Crippen LogP contribution in [0.2, 0.25) is 0 Å². The predicted molar refractivity (Wildman–Crippen MR) is 85.8 cm³/mol. The van der Waals surface area contributed by atoms with Crippen LogP contribution in [0.25, 0.3) is 0 Å². The lowest BCUT2D eigenvalue weighted by molar-refractivity contribution is 0.414. The summed E-state index contributed by atoms with van der Waals surface area (Å²) in [5.41, 5.74) is 3.34. The Balaban J connectivity index is 2.18. The topological polar surface area (TPSA) is 36.3 Å². The summed E-state index contributed by atoms with van der Waals surface area (Å²) in [6, 6.07) is 18.4. The van der Waals surface area contributed by atoms with Crippen molar-refractivity contribution in [2.24, 2.45) is 0 Å². The van der Waals surface area contributed by atoms with Gasteiger partial charge in [0.15, 0.2) is 0 Å². The second-order valence-corrected chi connectivity index (χ2v) is 5.22. The van der Waals surface area contributed by atoms with Crippen molar-refractivity contribution < 1.29 is 4.74 Å². The molecule has 0 N–H and O–H groups in total. The fourth-order valence-electron chi connectivity index (χ4n) is 2.27. The summed E-state index contributed by atoms with van der Waals surface area (Å²) >= 11 is 0. The van der Waals surface area contributed by atoms with Crippen LogP contribution in [0.5, 0.6) is 5.75 Å². The third-order valence-electron chi connectivity index (χ3n) is 3.54. The maximum atomic E-state index is 9.45. The van der Waals surface area contributed by atoms with Crippen molar-refractivity contribution in [3.05, 3.63) is 59.7 Å². The van der Waals surface area contributed by atoms with E-state index in [9.17, 15) is 5.26 Å². The largest absolute Gasteiger partial charge is 0.497 e. The van der Waals surface area contributed by atoms with Crippen LogP contribution in [-0.4, -0.2) is 21.2 Å². The molecule has 3 nitrogen and oxygen atoms in total. The number of anilines is 1. The number of hydrogen-bond donors (Lipinski definition) is 0. The summed E-state index contributed by atoms with van der Waals surface area (Å²) in [7, 11) is 5.68. The van der Waals surface area contributed by atoms with Gasteiger partial charge in [0.2, 0.25) is 0 Å². The van der Waals surface area contributed by atoms with Gasteiger partial charge in [-0.1, -0.05) is 24.3 Å². The van der Waals surface area contributed by atoms with Crippen molar-refractivity contribution in [2.45, 2.75) is 12.3 Å². The summed E-state index contributed by atoms with van der Waals surface area (Å²) in [6.45, 7) is 0. The molecule has 0 aromatic heterocycles. The van der Waals surface area contributed by atoms with Crippen LogP contribution >= 0.6 is 0 Å². The zero-order valence-corrected chi connectivity index (χ0v) is 12.7. The third-order valence-corrected chi connectivity index (χ3v) is 3.54. The molecule has 0 spiro atoms. The van der Waals surface area contributed by atoms with Crippen LogP contribution < -0.4 is 9.64 Å². The molecular weight excluding hydrogens is 260 g/mol. The first-order valence-corrected chi connectivity index (χ1v) is 6.94. The Morgan fingerprint density at radius 1 is 1.14 bits per heavy atom. The molecule has 2 aromatic carbocycles. The number of nitriles is 1. The molecular formula is C18H20N2O. The highest BCUT2D eigenvalue weighted by atomic mass is 16.5. The first-order chi connectivity index (χ1) is 10.1. The molecule has 0 saturated carbocycles. The number of methoxy groups -OCH3 is 1. The maximum absolute atomic E-state index is 9.45. The minimum absolute atomic E-state index is 0.145. The average Bonchev–Trinajstić information content (AvgIpc) is 2.53. The van der Waals surface area contributed by atoms with E-state index in [1.54, 1.807) is 7.11 Å². The Hall–Kier alpha value is -2.47. The van der Waals surface area contributed by atoms with Crippen molar-refractivity contribution in [1.29, 1.82) is 5.26 Å². The normalized spacial score (nSPS) is 11.5. The van der Waals surface area contributed by atoms with Gasteiger partial charge in [-0.2, -0.15) is 5.26 Å². The number of rotatable bonds is 5. The number of ether oxygens (including phenoxy) is 1. The van der Waals surface area contributed by atoms with E-state index in [0.717, 1.165) is 17.0 Å². The van der Waals surface area contributed by atoms with E-state index in [1.807, 2.05) is 44.4 Å². The summed E-state index contributed by atoms with van der Waals surface area (Å²) in [6.07, 6.45) is 0.713. The number of nitrogens with zero attached hydrogens (tertiary/aromatic N) is 2. The molecule has 0 radical (unpaired) electrons. The molecule has 0 saturated heterocycles. The van der Waals surface area contributed by atoms with E-state index in [0.29, 0.717) is 6.42 Å². The van der Waals surface area contributed by atoms with Crippen LogP contribution in [0.3, 0.4) is 0 Å². The van der Waals surface area contributed by atoms with E-state index < -0.39 is 0 Å². The lowest BCUT2D eigenvalue weighted by Gasteiger charge is -2.15. The second-order valence-electron chi connectivity index (χ2n) is 5.22. The first kappa shape index (κ1) is 14.9. The van der Waals surface area contributed by atoms with Gasteiger partial charge in [-0.05, 0) is 41.8 Å². The predicted octanol–water partition coefficient (Wildman–Crippen LogP) is 3.61. The smallest absolute Gasteiger partial charge is 0.118 e. The van der Waals surface area contributed by atoms with Gasteiger partial charge in [0, 0.05) is 19.8 Å². The summed E-state index contributed by atoms with van der Waals surface area (Å²) < 4.78 is 5.15. The van der Waals surface area contributed by atoms with E-state index in [1.165, 1.54) is 5.56 Å². The Morgan fingerprint density at radius 2 is 1.86 bits per heavy atom. The Labute approximate surface area is 126 Å². The van der Waals surface area contributed by atoms with E-state index >= 15 is 0 Å². The molecule has 2 aromatic rings. The van der Waals surface area contributed by atoms with Gasteiger partial charge in [-0.25, -0.2) is 0 Å². The van der Waals surface area contributed by atoms with E-state index in [4.69, 9.17) is 4.74 Å². The van der Waals surface area contributed by atoms with Gasteiger partial charge in [0.25, 0.3) is 0 Å². The lowest BCUT2D eigenvalue weighted by Crippen LogP contribution is -2.09. The minimum atomic E-state index is -0.145. The highest BCUT2D eigenvalue weighted by molar-refractivity contribution is 5.47. The number of benzene rings is 2. The van der Waals surface area contributed by atoms with Crippen molar-refractivity contribution in [1.82, 2.24) is 0 Å². The zero-order valence-electron chi connectivity index (χ0n) is 12.7. The molecule has 21 heavy (non-hydrogen) atoms. The van der Waals surface area contributed by atoms with Crippen LogP contribution in [-0.2, 0) is 6.42 Å². The Kier molecular flexibility index (Phi) is 4.84. The van der Waals surface area contributed by atoms with E-state index in [-0.39, 0.29) is 5.92 Å².